The van der Waals surface area contributed by atoms with E-state index in [1.165, 1.54) is 11.1 Å². The molecule has 1 fully saturated rings. The Labute approximate surface area is 215 Å². The first-order valence-electron chi connectivity index (χ1n) is 11.8. The van der Waals surface area contributed by atoms with E-state index in [1.807, 2.05) is 25.1 Å². The van der Waals surface area contributed by atoms with Crippen molar-refractivity contribution in [1.29, 1.82) is 0 Å². The number of nitrogens with zero attached hydrogens (tertiary/aromatic N) is 3. The minimum Gasteiger partial charge on any atom is -0.491 e. The van der Waals surface area contributed by atoms with Gasteiger partial charge in [0.1, 0.15) is 12.4 Å². The quantitative estimate of drug-likeness (QED) is 0.428. The molecule has 0 saturated carbocycles. The number of aromatic nitrogens is 2. The molecule has 35 heavy (non-hydrogen) atoms. The van der Waals surface area contributed by atoms with Crippen LogP contribution in [0.2, 0.25) is 10.0 Å². The van der Waals surface area contributed by atoms with Crippen LogP contribution < -0.4 is 10.1 Å². The molecule has 4 rings (SSSR count). The lowest BCUT2D eigenvalue weighted by Gasteiger charge is -2.30. The van der Waals surface area contributed by atoms with Gasteiger partial charge in [-0.2, -0.15) is 4.98 Å². The summed E-state index contributed by atoms with van der Waals surface area (Å²) in [5, 5.41) is 8.18. The fraction of sp³-hybridized carbons (Fsp3) is 0.423. The molecule has 1 saturated heterocycles. The first-order chi connectivity index (χ1) is 16.8. The van der Waals surface area contributed by atoms with Crippen LogP contribution in [0, 0.1) is 19.8 Å². The molecule has 7 nitrogen and oxygen atoms in total. The number of hydrogen-bond acceptors (Lipinski definition) is 6. The van der Waals surface area contributed by atoms with Crippen LogP contribution in [0.25, 0.3) is 11.4 Å². The van der Waals surface area contributed by atoms with Gasteiger partial charge in [-0.3, -0.25) is 9.69 Å². The number of benzene rings is 2. The lowest BCUT2D eigenvalue weighted by atomic mass is 9.95. The molecule has 0 bridgehead atoms. The van der Waals surface area contributed by atoms with Gasteiger partial charge in [0.15, 0.2) is 0 Å². The highest BCUT2D eigenvalue weighted by atomic mass is 35.5. The number of carbonyl (C=O) groups excluding carboxylic acids is 1. The Balaban J connectivity index is 1.21. The van der Waals surface area contributed by atoms with Gasteiger partial charge in [-0.1, -0.05) is 34.4 Å². The van der Waals surface area contributed by atoms with E-state index in [2.05, 4.69) is 34.2 Å². The maximum atomic E-state index is 12.8. The molecule has 2 aromatic carbocycles. The summed E-state index contributed by atoms with van der Waals surface area (Å²) < 4.78 is 11.3. The molecule has 3 aromatic rings. The van der Waals surface area contributed by atoms with Gasteiger partial charge in [0.25, 0.3) is 0 Å². The number of ether oxygens (including phenoxy) is 1. The van der Waals surface area contributed by atoms with Gasteiger partial charge in [0, 0.05) is 16.5 Å². The normalized spacial score (nSPS) is 15.7. The average molecular weight is 517 g/mol. The highest BCUT2D eigenvalue weighted by Gasteiger charge is 2.27. The van der Waals surface area contributed by atoms with Crippen molar-refractivity contribution in [2.75, 3.05) is 19.7 Å². The van der Waals surface area contributed by atoms with Gasteiger partial charge in [0.05, 0.1) is 17.6 Å². The molecule has 0 aliphatic carbocycles. The van der Waals surface area contributed by atoms with Crippen LogP contribution in [0.15, 0.2) is 40.9 Å². The third-order valence-corrected chi connectivity index (χ3v) is 6.87. The van der Waals surface area contributed by atoms with E-state index in [9.17, 15) is 4.79 Å². The van der Waals surface area contributed by atoms with Crippen molar-refractivity contribution < 1.29 is 14.1 Å². The Hall–Kier alpha value is -2.61. The number of hydrogen-bond donors (Lipinski definition) is 1. The molecule has 0 spiro atoms. The van der Waals surface area contributed by atoms with Crippen molar-refractivity contribution in [2.24, 2.45) is 5.92 Å². The molecular weight excluding hydrogens is 487 g/mol. The Morgan fingerprint density at radius 2 is 1.94 bits per heavy atom. The van der Waals surface area contributed by atoms with E-state index in [0.29, 0.717) is 40.5 Å². The van der Waals surface area contributed by atoms with E-state index in [4.69, 9.17) is 32.5 Å². The summed E-state index contributed by atoms with van der Waals surface area (Å²) in [6.45, 7) is 8.64. The van der Waals surface area contributed by atoms with E-state index in [-0.39, 0.29) is 17.9 Å². The Bertz CT molecular complexity index is 1180. The third kappa shape index (κ3) is 6.75. The number of carbonyl (C=O) groups is 1. The molecule has 186 valence electrons. The second kappa shape index (κ2) is 11.4. The highest BCUT2D eigenvalue weighted by molar-refractivity contribution is 6.36. The van der Waals surface area contributed by atoms with Gasteiger partial charge in [-0.25, -0.2) is 0 Å². The Morgan fingerprint density at radius 3 is 2.66 bits per heavy atom. The van der Waals surface area contributed by atoms with Crippen molar-refractivity contribution >= 4 is 29.1 Å². The van der Waals surface area contributed by atoms with E-state index in [1.54, 1.807) is 18.2 Å². The van der Waals surface area contributed by atoms with Crippen molar-refractivity contribution in [1.82, 2.24) is 20.4 Å². The summed E-state index contributed by atoms with van der Waals surface area (Å²) >= 11 is 12.2. The number of piperidine rings is 1. The summed E-state index contributed by atoms with van der Waals surface area (Å²) in [6, 6.07) is 11.1. The average Bonchev–Trinajstić information content (AvgIpc) is 3.28. The van der Waals surface area contributed by atoms with Crippen LogP contribution >= 0.6 is 23.2 Å². The van der Waals surface area contributed by atoms with E-state index in [0.717, 1.165) is 31.7 Å². The fourth-order valence-corrected chi connectivity index (χ4v) is 4.56. The van der Waals surface area contributed by atoms with Crippen molar-refractivity contribution in [3.8, 4) is 17.1 Å². The highest BCUT2D eigenvalue weighted by Crippen LogP contribution is 2.29. The molecule has 1 unspecified atom stereocenters. The molecular formula is C26H30Cl2N4O3. The minimum absolute atomic E-state index is 0.0126. The van der Waals surface area contributed by atoms with Crippen LogP contribution in [0.5, 0.6) is 5.75 Å². The molecule has 1 N–H and O–H groups in total. The van der Waals surface area contributed by atoms with E-state index >= 15 is 0 Å². The lowest BCUT2D eigenvalue weighted by Crippen LogP contribution is -2.44. The summed E-state index contributed by atoms with van der Waals surface area (Å²) in [6.07, 6.45) is 1.56. The summed E-state index contributed by atoms with van der Waals surface area (Å²) in [5.74, 6) is 1.85. The third-order valence-electron chi connectivity index (χ3n) is 6.32. The van der Waals surface area contributed by atoms with Gasteiger partial charge in [-0.15, -0.1) is 0 Å². The topological polar surface area (TPSA) is 80.5 Å². The molecule has 9 heteroatoms. The largest absolute Gasteiger partial charge is 0.491 e. The van der Waals surface area contributed by atoms with Crippen LogP contribution in [-0.2, 0) is 11.3 Å². The zero-order valence-electron chi connectivity index (χ0n) is 20.2. The number of rotatable bonds is 8. The second-order valence-electron chi connectivity index (χ2n) is 9.15. The van der Waals surface area contributed by atoms with Gasteiger partial charge in [0.2, 0.25) is 17.6 Å². The number of aryl methyl sites for hydroxylation is 2. The van der Waals surface area contributed by atoms with E-state index < -0.39 is 0 Å². The Morgan fingerprint density at radius 1 is 1.17 bits per heavy atom. The summed E-state index contributed by atoms with van der Waals surface area (Å²) in [4.78, 5) is 19.4. The van der Waals surface area contributed by atoms with Crippen LogP contribution in [0.3, 0.4) is 0 Å². The van der Waals surface area contributed by atoms with Crippen LogP contribution in [0.1, 0.15) is 36.8 Å². The molecule has 1 aliphatic heterocycles. The van der Waals surface area contributed by atoms with Gasteiger partial charge >= 0.3 is 0 Å². The standard InChI is InChI=1S/C26H30Cl2N4O3/c1-16-4-6-21(12-17(16)2)34-15-18(3)29-26(33)19-8-10-32(11-9-19)14-24-30-25(31-35-24)22-7-5-20(27)13-23(22)28/h4-7,12-13,18-19H,8-11,14-15H2,1-3H3,(H,29,33). The maximum Gasteiger partial charge on any atom is 0.241 e. The fourth-order valence-electron chi connectivity index (χ4n) is 4.07. The summed E-state index contributed by atoms with van der Waals surface area (Å²) in [7, 11) is 0. The van der Waals surface area contributed by atoms with Crippen molar-refractivity contribution in [3.63, 3.8) is 0 Å². The monoisotopic (exact) mass is 516 g/mol. The SMILES string of the molecule is Cc1ccc(OCC(C)NC(=O)C2CCN(Cc3nc(-c4ccc(Cl)cc4Cl)no3)CC2)cc1C. The summed E-state index contributed by atoms with van der Waals surface area (Å²) in [5.41, 5.74) is 3.10. The first-order valence-corrected chi connectivity index (χ1v) is 12.5. The van der Waals surface area contributed by atoms with Gasteiger partial charge < -0.3 is 14.6 Å². The predicted octanol–water partition coefficient (Wildman–Crippen LogP) is 5.46. The zero-order valence-corrected chi connectivity index (χ0v) is 21.7. The van der Waals surface area contributed by atoms with Gasteiger partial charge in [-0.05, 0) is 88.2 Å². The van der Waals surface area contributed by atoms with Crippen LogP contribution in [-0.4, -0.2) is 46.7 Å². The number of likely N-dealkylation sites (tertiary alicyclic amines) is 1. The van der Waals surface area contributed by atoms with Crippen LogP contribution in [0.4, 0.5) is 0 Å². The maximum absolute atomic E-state index is 12.8. The van der Waals surface area contributed by atoms with Crippen molar-refractivity contribution in [2.45, 2.75) is 46.2 Å². The molecule has 0 radical (unpaired) electrons. The predicted molar refractivity (Wildman–Crippen MR) is 137 cm³/mol. The zero-order chi connectivity index (χ0) is 24.9. The minimum atomic E-state index is -0.0707. The van der Waals surface area contributed by atoms with Crippen molar-refractivity contribution in [3.05, 3.63) is 63.5 Å². The lowest BCUT2D eigenvalue weighted by molar-refractivity contribution is -0.127. The first kappa shape index (κ1) is 25.5. The number of nitrogens with one attached hydrogen (secondary N) is 1. The second-order valence-corrected chi connectivity index (χ2v) is 10.00. The molecule has 1 aromatic heterocycles. The number of halogens is 2. The molecule has 1 atom stereocenters. The smallest absolute Gasteiger partial charge is 0.241 e. The Kier molecular flexibility index (Phi) is 8.31. The molecule has 1 aliphatic rings. The number of amides is 1. The molecule has 2 heterocycles. The molecule has 1 amide bonds.